The van der Waals surface area contributed by atoms with Gasteiger partial charge in [0, 0.05) is 5.25 Å². The summed E-state index contributed by atoms with van der Waals surface area (Å²) in [6.07, 6.45) is 1.85. The highest BCUT2D eigenvalue weighted by atomic mass is 32.2. The van der Waals surface area contributed by atoms with Gasteiger partial charge in [-0.15, -0.1) is 0 Å². The van der Waals surface area contributed by atoms with E-state index in [4.69, 9.17) is 9.47 Å². The molecule has 1 amide bonds. The summed E-state index contributed by atoms with van der Waals surface area (Å²) in [6, 6.07) is 7.61. The summed E-state index contributed by atoms with van der Waals surface area (Å²) >= 11 is 1.65. The molecule has 5 heteroatoms. The van der Waals surface area contributed by atoms with E-state index < -0.39 is 5.06 Å². The van der Waals surface area contributed by atoms with E-state index in [2.05, 4.69) is 33.8 Å². The van der Waals surface area contributed by atoms with Crippen molar-refractivity contribution in [3.8, 4) is 5.75 Å². The molecule has 2 aliphatic rings. The first-order chi connectivity index (χ1) is 10.3. The van der Waals surface area contributed by atoms with Crippen LogP contribution in [0.3, 0.4) is 0 Å². The summed E-state index contributed by atoms with van der Waals surface area (Å²) in [4.78, 5) is 14.1. The number of hydrogen-bond donors (Lipinski definition) is 0. The zero-order valence-electron chi connectivity index (χ0n) is 13.5. The van der Waals surface area contributed by atoms with Gasteiger partial charge in [-0.05, 0) is 26.0 Å². The quantitative estimate of drug-likeness (QED) is 0.719. The molecule has 1 aromatic rings. The molecule has 4 nitrogen and oxygen atoms in total. The van der Waals surface area contributed by atoms with Gasteiger partial charge in [0.1, 0.15) is 5.75 Å². The highest BCUT2D eigenvalue weighted by molar-refractivity contribution is 8.03. The van der Waals surface area contributed by atoms with Gasteiger partial charge in [-0.25, -0.2) is 9.69 Å². The molecule has 0 aliphatic carbocycles. The average molecular weight is 319 g/mol. The van der Waals surface area contributed by atoms with Gasteiger partial charge in [0.2, 0.25) is 5.06 Å². The van der Waals surface area contributed by atoms with Gasteiger partial charge >= 0.3 is 6.09 Å². The highest BCUT2D eigenvalue weighted by Gasteiger charge is 2.70. The van der Waals surface area contributed by atoms with Crippen LogP contribution < -0.4 is 9.64 Å². The van der Waals surface area contributed by atoms with Crippen LogP contribution in [0.2, 0.25) is 0 Å². The van der Waals surface area contributed by atoms with Crippen molar-refractivity contribution in [1.29, 1.82) is 0 Å². The second kappa shape index (κ2) is 4.95. The fourth-order valence-corrected chi connectivity index (χ4v) is 4.83. The number of para-hydroxylation sites is 2. The maximum absolute atomic E-state index is 12.4. The van der Waals surface area contributed by atoms with Crippen LogP contribution in [0.1, 0.15) is 27.7 Å². The second-order valence-electron chi connectivity index (χ2n) is 6.46. The Bertz CT molecular complexity index is 651. The van der Waals surface area contributed by atoms with Gasteiger partial charge in [-0.2, -0.15) is 0 Å². The zero-order chi connectivity index (χ0) is 16.1. The van der Waals surface area contributed by atoms with E-state index in [1.54, 1.807) is 16.7 Å². The van der Waals surface area contributed by atoms with E-state index in [-0.39, 0.29) is 11.5 Å². The molecule has 0 saturated carbocycles. The molecule has 22 heavy (non-hydrogen) atoms. The summed E-state index contributed by atoms with van der Waals surface area (Å²) in [5.74, 6) is 0.726. The number of carbonyl (C=O) groups excluding carboxylic acids is 1. The van der Waals surface area contributed by atoms with Crippen LogP contribution in [0.4, 0.5) is 10.5 Å². The minimum Gasteiger partial charge on any atom is -0.455 e. The monoisotopic (exact) mass is 319 g/mol. The fourth-order valence-electron chi connectivity index (χ4n) is 3.03. The summed E-state index contributed by atoms with van der Waals surface area (Å²) in [5, 5.41) is -0.459. The zero-order valence-corrected chi connectivity index (χ0v) is 14.4. The van der Waals surface area contributed by atoms with E-state index in [0.29, 0.717) is 5.25 Å². The third kappa shape index (κ3) is 1.88. The Labute approximate surface area is 135 Å². The van der Waals surface area contributed by atoms with Crippen molar-refractivity contribution in [1.82, 2.24) is 0 Å². The van der Waals surface area contributed by atoms with Crippen molar-refractivity contribution in [2.45, 2.75) is 38.0 Å². The first-order valence-electron chi connectivity index (χ1n) is 7.32. The molecule has 118 valence electrons. The predicted molar refractivity (Wildman–Crippen MR) is 89.3 cm³/mol. The lowest BCUT2D eigenvalue weighted by Gasteiger charge is -2.58. The second-order valence-corrected chi connectivity index (χ2v) is 7.76. The Morgan fingerprint density at radius 2 is 2.05 bits per heavy atom. The van der Waals surface area contributed by atoms with E-state index in [0.717, 1.165) is 11.4 Å². The Balaban J connectivity index is 2.05. The molecule has 1 aromatic carbocycles. The number of rotatable bonds is 1. The Hall–Kier alpha value is -1.62. The summed E-state index contributed by atoms with van der Waals surface area (Å²) in [6.45, 7) is 8.44. The van der Waals surface area contributed by atoms with Gasteiger partial charge in [-0.1, -0.05) is 49.4 Å². The lowest BCUT2D eigenvalue weighted by molar-refractivity contribution is 0.0326. The number of benzene rings is 1. The van der Waals surface area contributed by atoms with Crippen LogP contribution in [0.5, 0.6) is 5.75 Å². The molecule has 0 aromatic heterocycles. The molecule has 0 radical (unpaired) electrons. The van der Waals surface area contributed by atoms with Gasteiger partial charge in [0.05, 0.1) is 18.2 Å². The normalized spacial score (nSPS) is 27.7. The van der Waals surface area contributed by atoms with Crippen molar-refractivity contribution in [2.75, 3.05) is 12.0 Å². The molecule has 2 unspecified atom stereocenters. The Morgan fingerprint density at radius 1 is 1.36 bits per heavy atom. The van der Waals surface area contributed by atoms with Crippen LogP contribution >= 0.6 is 11.8 Å². The van der Waals surface area contributed by atoms with Crippen molar-refractivity contribution in [2.24, 2.45) is 5.41 Å². The van der Waals surface area contributed by atoms with Crippen LogP contribution in [0.15, 0.2) is 35.9 Å². The third-order valence-corrected chi connectivity index (χ3v) is 6.39. The van der Waals surface area contributed by atoms with Crippen LogP contribution in [0.25, 0.3) is 0 Å². The van der Waals surface area contributed by atoms with Crippen LogP contribution in [-0.4, -0.2) is 23.5 Å². The number of hydrogen-bond acceptors (Lipinski definition) is 4. The average Bonchev–Trinajstić information content (AvgIpc) is 2.82. The number of nitrogens with zero attached hydrogens (tertiary/aromatic N) is 1. The number of amides is 1. The molecule has 2 aliphatic heterocycles. The lowest BCUT2D eigenvalue weighted by Crippen LogP contribution is -2.70. The molecular weight excluding hydrogens is 298 g/mol. The van der Waals surface area contributed by atoms with Crippen molar-refractivity contribution >= 4 is 23.5 Å². The number of carbonyl (C=O) groups is 1. The Kier molecular flexibility index (Phi) is 3.44. The lowest BCUT2D eigenvalue weighted by atomic mass is 9.83. The number of thioether (sulfide) groups is 1. The summed E-state index contributed by atoms with van der Waals surface area (Å²) in [7, 11) is 1.40. The van der Waals surface area contributed by atoms with E-state index in [9.17, 15) is 4.79 Å². The smallest absolute Gasteiger partial charge is 0.418 e. The molecule has 1 fully saturated rings. The molecular formula is C17H21NO3S. The van der Waals surface area contributed by atoms with E-state index in [1.807, 2.05) is 24.3 Å². The van der Waals surface area contributed by atoms with Crippen molar-refractivity contribution in [3.63, 3.8) is 0 Å². The first-order valence-corrected chi connectivity index (χ1v) is 8.20. The van der Waals surface area contributed by atoms with Crippen molar-refractivity contribution < 1.29 is 14.3 Å². The van der Waals surface area contributed by atoms with E-state index in [1.165, 1.54) is 12.7 Å². The molecule has 0 N–H and O–H groups in total. The van der Waals surface area contributed by atoms with Gasteiger partial charge < -0.3 is 9.47 Å². The van der Waals surface area contributed by atoms with E-state index >= 15 is 0 Å². The highest BCUT2D eigenvalue weighted by Crippen LogP contribution is 2.67. The number of methoxy groups -OCH3 is 1. The fraction of sp³-hybridized carbons (Fsp3) is 0.471. The maximum Gasteiger partial charge on any atom is 0.418 e. The molecule has 0 bridgehead atoms. The minimum atomic E-state index is -0.750. The maximum atomic E-state index is 12.4. The van der Waals surface area contributed by atoms with Crippen LogP contribution in [0, 0.1) is 5.41 Å². The molecule has 1 saturated heterocycles. The summed E-state index contributed by atoms with van der Waals surface area (Å²) < 4.78 is 11.3. The van der Waals surface area contributed by atoms with Crippen LogP contribution in [-0.2, 0) is 4.74 Å². The van der Waals surface area contributed by atoms with Crippen molar-refractivity contribution in [3.05, 3.63) is 35.9 Å². The molecule has 2 atom stereocenters. The number of fused-ring (bicyclic) bond motifs is 1. The SMILES string of the molecule is COC(=O)N1c2ccccc2OC12SC(C=C(C)C)C2(C)C. The predicted octanol–water partition coefficient (Wildman–Crippen LogP) is 4.41. The molecule has 2 heterocycles. The number of ether oxygens (including phenoxy) is 2. The van der Waals surface area contributed by atoms with Gasteiger partial charge in [0.25, 0.3) is 0 Å². The van der Waals surface area contributed by atoms with Gasteiger partial charge in [0.15, 0.2) is 0 Å². The molecule has 1 spiro atoms. The number of allylic oxidation sites excluding steroid dienone is 1. The topological polar surface area (TPSA) is 38.8 Å². The largest absolute Gasteiger partial charge is 0.455 e. The summed E-state index contributed by atoms with van der Waals surface area (Å²) in [5.41, 5.74) is 1.80. The number of anilines is 1. The molecule has 3 rings (SSSR count). The van der Waals surface area contributed by atoms with Gasteiger partial charge in [-0.3, -0.25) is 0 Å². The first kappa shape index (κ1) is 15.3. The minimum absolute atomic E-state index is 0.234. The standard InChI is InChI=1S/C17H21NO3S/c1-11(2)10-14-16(3,4)17(22-14)18(15(19)20-5)12-8-6-7-9-13(12)21-17/h6-10,14H,1-5H3. The third-order valence-electron chi connectivity index (χ3n) is 4.30. The Morgan fingerprint density at radius 3 is 2.64 bits per heavy atom.